The Labute approximate surface area is 180 Å². The first-order chi connectivity index (χ1) is 14.9. The monoisotopic (exact) mass is 430 g/mol. The number of ether oxygens (including phenoxy) is 1. The van der Waals surface area contributed by atoms with Gasteiger partial charge in [-0.15, -0.1) is 0 Å². The van der Waals surface area contributed by atoms with Gasteiger partial charge in [-0.3, -0.25) is 0 Å². The number of fused-ring (bicyclic) bond motifs is 1. The molecule has 0 bridgehead atoms. The summed E-state index contributed by atoms with van der Waals surface area (Å²) in [6, 6.07) is 5.89. The van der Waals surface area contributed by atoms with Gasteiger partial charge in [0.05, 0.1) is 11.7 Å². The van der Waals surface area contributed by atoms with Gasteiger partial charge in [-0.1, -0.05) is 11.8 Å². The minimum atomic E-state index is -1.05. The van der Waals surface area contributed by atoms with E-state index in [9.17, 15) is 17.6 Å². The quantitative estimate of drug-likeness (QED) is 0.387. The molecule has 2 aromatic carbocycles. The number of hydrogen-bond donors (Lipinski definition) is 0. The van der Waals surface area contributed by atoms with Gasteiger partial charge in [-0.2, -0.15) is 0 Å². The first-order valence-electron chi connectivity index (χ1n) is 11.0. The van der Waals surface area contributed by atoms with Gasteiger partial charge < -0.3 is 4.74 Å². The second kappa shape index (κ2) is 9.44. The van der Waals surface area contributed by atoms with Gasteiger partial charge in [0.25, 0.3) is 0 Å². The average Bonchev–Trinajstić information content (AvgIpc) is 2.75. The maximum atomic E-state index is 14.7. The summed E-state index contributed by atoms with van der Waals surface area (Å²) in [6.07, 6.45) is 6.52. The van der Waals surface area contributed by atoms with E-state index in [1.54, 1.807) is 0 Å². The fourth-order valence-corrected chi connectivity index (χ4v) is 5.19. The normalized spacial score (nSPS) is 25.5. The molecule has 2 aliphatic rings. The van der Waals surface area contributed by atoms with E-state index in [4.69, 9.17) is 4.74 Å². The van der Waals surface area contributed by atoms with E-state index < -0.39 is 23.3 Å². The Hall–Kier alpha value is -2.32. The molecule has 0 saturated heterocycles. The van der Waals surface area contributed by atoms with Crippen LogP contribution in [0.1, 0.15) is 68.1 Å². The highest BCUT2D eigenvalue weighted by Gasteiger charge is 2.36. The largest absolute Gasteiger partial charge is 0.378 e. The van der Waals surface area contributed by atoms with Crippen molar-refractivity contribution >= 4 is 0 Å². The second-order valence-electron chi connectivity index (χ2n) is 8.66. The number of halogens is 4. The third kappa shape index (κ3) is 4.96. The van der Waals surface area contributed by atoms with E-state index in [1.807, 2.05) is 6.92 Å². The zero-order valence-electron chi connectivity index (χ0n) is 17.6. The summed E-state index contributed by atoms with van der Waals surface area (Å²) >= 11 is 0. The van der Waals surface area contributed by atoms with Gasteiger partial charge in [0, 0.05) is 12.2 Å². The molecule has 4 unspecified atom stereocenters. The standard InChI is InChI=1S/C26H26F4O/c1-2-31-21-8-7-17-12-18(5-6-19(17)13-21)20-14-24(28)22(25(29)15-20)9-3-16-4-10-23(27)26(30)11-16/h4,10-11,14-15,17-19,21H,2,5-8,12-13H2,1H3. The molecule has 4 rings (SSSR count). The Bertz CT molecular complexity index is 983. The third-order valence-electron chi connectivity index (χ3n) is 6.75. The predicted molar refractivity (Wildman–Crippen MR) is 112 cm³/mol. The van der Waals surface area contributed by atoms with Crippen LogP contribution in [0.2, 0.25) is 0 Å². The Morgan fingerprint density at radius 1 is 0.806 bits per heavy atom. The molecule has 5 heteroatoms. The molecule has 1 nitrogen and oxygen atoms in total. The van der Waals surface area contributed by atoms with Crippen LogP contribution in [0.15, 0.2) is 30.3 Å². The van der Waals surface area contributed by atoms with Crippen LogP contribution < -0.4 is 0 Å². The highest BCUT2D eigenvalue weighted by Crippen LogP contribution is 2.46. The van der Waals surface area contributed by atoms with Gasteiger partial charge in [0.15, 0.2) is 11.6 Å². The SMILES string of the molecule is CCOC1CCC2CC(c3cc(F)c(C#Cc4ccc(F)c(F)c4)c(F)c3)CCC2C1. The van der Waals surface area contributed by atoms with Crippen LogP contribution in [0.4, 0.5) is 17.6 Å². The smallest absolute Gasteiger partial charge is 0.160 e. The first-order valence-corrected chi connectivity index (χ1v) is 11.0. The minimum Gasteiger partial charge on any atom is -0.378 e. The van der Waals surface area contributed by atoms with Crippen molar-refractivity contribution in [3.63, 3.8) is 0 Å². The molecular weight excluding hydrogens is 404 g/mol. The van der Waals surface area contributed by atoms with Gasteiger partial charge in [0.1, 0.15) is 11.6 Å². The highest BCUT2D eigenvalue weighted by atomic mass is 19.2. The maximum Gasteiger partial charge on any atom is 0.160 e. The summed E-state index contributed by atoms with van der Waals surface area (Å²) in [4.78, 5) is 0. The topological polar surface area (TPSA) is 9.23 Å². The van der Waals surface area contributed by atoms with Crippen molar-refractivity contribution in [1.29, 1.82) is 0 Å². The third-order valence-corrected chi connectivity index (χ3v) is 6.75. The summed E-state index contributed by atoms with van der Waals surface area (Å²) in [7, 11) is 0. The fourth-order valence-electron chi connectivity index (χ4n) is 5.19. The second-order valence-corrected chi connectivity index (χ2v) is 8.66. The average molecular weight is 430 g/mol. The van der Waals surface area contributed by atoms with Crippen molar-refractivity contribution in [2.24, 2.45) is 11.8 Å². The predicted octanol–water partition coefficient (Wildman–Crippen LogP) is 6.73. The van der Waals surface area contributed by atoms with Crippen molar-refractivity contribution < 1.29 is 22.3 Å². The molecule has 0 radical (unpaired) electrons. The van der Waals surface area contributed by atoms with Crippen LogP contribution in [-0.4, -0.2) is 12.7 Å². The lowest BCUT2D eigenvalue weighted by Gasteiger charge is -2.42. The number of hydrogen-bond acceptors (Lipinski definition) is 1. The van der Waals surface area contributed by atoms with E-state index in [2.05, 4.69) is 11.8 Å². The van der Waals surface area contributed by atoms with Gasteiger partial charge in [-0.05, 0) is 99.1 Å². The molecule has 0 aliphatic heterocycles. The van der Waals surface area contributed by atoms with Gasteiger partial charge in [-0.25, -0.2) is 17.6 Å². The van der Waals surface area contributed by atoms with E-state index in [0.717, 1.165) is 57.3 Å². The van der Waals surface area contributed by atoms with Crippen molar-refractivity contribution in [3.8, 4) is 11.8 Å². The Balaban J connectivity index is 1.48. The first kappa shape index (κ1) is 21.9. The molecule has 31 heavy (non-hydrogen) atoms. The molecular formula is C26H26F4O. The lowest BCUT2D eigenvalue weighted by atomic mass is 9.65. The van der Waals surface area contributed by atoms with Crippen LogP contribution in [0.5, 0.6) is 0 Å². The molecule has 0 spiro atoms. The molecule has 164 valence electrons. The molecule has 0 N–H and O–H groups in total. The van der Waals surface area contributed by atoms with E-state index in [-0.39, 0.29) is 17.0 Å². The zero-order valence-corrected chi connectivity index (χ0v) is 17.6. The van der Waals surface area contributed by atoms with Crippen LogP contribution in [-0.2, 0) is 4.74 Å². The molecule has 2 saturated carbocycles. The van der Waals surface area contributed by atoms with Crippen molar-refractivity contribution in [3.05, 3.63) is 70.3 Å². The molecule has 2 fully saturated rings. The molecule has 2 aliphatic carbocycles. The molecule has 0 aromatic heterocycles. The van der Waals surface area contributed by atoms with Gasteiger partial charge >= 0.3 is 0 Å². The van der Waals surface area contributed by atoms with E-state index in [1.165, 1.54) is 18.2 Å². The Morgan fingerprint density at radius 3 is 2.23 bits per heavy atom. The molecule has 4 atom stereocenters. The summed E-state index contributed by atoms with van der Waals surface area (Å²) in [5.74, 6) is 2.83. The van der Waals surface area contributed by atoms with E-state index in [0.29, 0.717) is 23.5 Å². The van der Waals surface area contributed by atoms with Crippen LogP contribution >= 0.6 is 0 Å². The Morgan fingerprint density at radius 2 is 1.52 bits per heavy atom. The number of benzene rings is 2. The summed E-state index contributed by atoms with van der Waals surface area (Å²) < 4.78 is 61.5. The van der Waals surface area contributed by atoms with Crippen molar-refractivity contribution in [2.75, 3.05) is 6.61 Å². The lowest BCUT2D eigenvalue weighted by Crippen LogP contribution is -2.33. The van der Waals surface area contributed by atoms with Gasteiger partial charge in [0.2, 0.25) is 0 Å². The molecule has 2 aromatic rings. The Kier molecular flexibility index (Phi) is 6.67. The highest BCUT2D eigenvalue weighted by molar-refractivity contribution is 5.45. The fraction of sp³-hybridized carbons (Fsp3) is 0.462. The minimum absolute atomic E-state index is 0.141. The van der Waals surface area contributed by atoms with Crippen LogP contribution in [0.25, 0.3) is 0 Å². The lowest BCUT2D eigenvalue weighted by molar-refractivity contribution is -0.00957. The molecule has 0 amide bonds. The van der Waals surface area contributed by atoms with Crippen LogP contribution in [0.3, 0.4) is 0 Å². The zero-order chi connectivity index (χ0) is 22.0. The summed E-state index contributed by atoms with van der Waals surface area (Å²) in [5, 5.41) is 0. The van der Waals surface area contributed by atoms with Crippen LogP contribution in [0, 0.1) is 46.9 Å². The molecule has 0 heterocycles. The summed E-state index contributed by atoms with van der Waals surface area (Å²) in [5.41, 5.74) is 0.487. The van der Waals surface area contributed by atoms with Crippen molar-refractivity contribution in [2.45, 2.75) is 57.5 Å². The summed E-state index contributed by atoms with van der Waals surface area (Å²) in [6.45, 7) is 2.77. The van der Waals surface area contributed by atoms with Crippen molar-refractivity contribution in [1.82, 2.24) is 0 Å². The number of rotatable bonds is 3. The van der Waals surface area contributed by atoms with E-state index >= 15 is 0 Å². The maximum absolute atomic E-state index is 14.7.